The van der Waals surface area contributed by atoms with Crippen LogP contribution < -0.4 is 16.4 Å². The minimum atomic E-state index is -0.391. The lowest BCUT2D eigenvalue weighted by atomic mass is 9.94. The number of carbonyl (C=O) groups excluding carboxylic acids is 1. The van der Waals surface area contributed by atoms with Crippen LogP contribution in [0.2, 0.25) is 0 Å². The molecular weight excluding hydrogens is 476 g/mol. The number of nitrogen functional groups attached to an aromatic ring is 1. The topological polar surface area (TPSA) is 116 Å². The Labute approximate surface area is 222 Å². The lowest BCUT2D eigenvalue weighted by Crippen LogP contribution is -2.42. The number of carbonyl (C=O) groups is 1. The quantitative estimate of drug-likeness (QED) is 0.251. The molecule has 194 valence electrons. The fourth-order valence-electron chi connectivity index (χ4n) is 4.82. The number of amides is 1. The SMILES string of the molecule is Nc1cccc(Nc2nccc(-c3ccc(NC(=O)C(c4ccccc4)N4CCC(CO)CC4)cc3)n2)c1. The number of rotatable bonds is 8. The highest BCUT2D eigenvalue weighted by Gasteiger charge is 2.31. The molecule has 1 aromatic heterocycles. The van der Waals surface area contributed by atoms with Crippen LogP contribution in [0.5, 0.6) is 0 Å². The average Bonchev–Trinajstić information content (AvgIpc) is 2.95. The smallest absolute Gasteiger partial charge is 0.246 e. The summed E-state index contributed by atoms with van der Waals surface area (Å²) in [6.07, 6.45) is 3.47. The maximum atomic E-state index is 13.5. The van der Waals surface area contributed by atoms with Gasteiger partial charge >= 0.3 is 0 Å². The molecule has 2 heterocycles. The number of piperidine rings is 1. The van der Waals surface area contributed by atoms with Crippen molar-refractivity contribution in [3.8, 4) is 11.3 Å². The molecule has 0 saturated carbocycles. The molecule has 38 heavy (non-hydrogen) atoms. The molecule has 1 aliphatic heterocycles. The van der Waals surface area contributed by atoms with Gasteiger partial charge in [0.1, 0.15) is 6.04 Å². The molecule has 4 aromatic rings. The second-order valence-corrected chi connectivity index (χ2v) is 9.56. The van der Waals surface area contributed by atoms with E-state index in [1.54, 1.807) is 6.20 Å². The van der Waals surface area contributed by atoms with Crippen LogP contribution in [-0.2, 0) is 4.79 Å². The summed E-state index contributed by atoms with van der Waals surface area (Å²) in [5, 5.41) is 15.8. The van der Waals surface area contributed by atoms with Crippen molar-refractivity contribution in [1.29, 1.82) is 0 Å². The van der Waals surface area contributed by atoms with Crippen molar-refractivity contribution in [2.24, 2.45) is 5.92 Å². The molecule has 5 rings (SSSR count). The van der Waals surface area contributed by atoms with E-state index in [1.165, 1.54) is 0 Å². The van der Waals surface area contributed by atoms with E-state index in [9.17, 15) is 9.90 Å². The number of nitrogens with one attached hydrogen (secondary N) is 2. The standard InChI is InChI=1S/C30H32N6O2/c31-24-7-4-8-26(19-24)34-30-32-16-13-27(35-30)22-9-11-25(12-10-22)33-29(38)28(23-5-2-1-3-6-23)36-17-14-21(20-37)15-18-36/h1-13,16,19,21,28,37H,14-15,17-18,20,31H2,(H,33,38)(H,32,34,35). The van der Waals surface area contributed by atoms with Crippen LogP contribution in [0, 0.1) is 5.92 Å². The van der Waals surface area contributed by atoms with Crippen molar-refractivity contribution < 1.29 is 9.90 Å². The fraction of sp³-hybridized carbons (Fsp3) is 0.233. The van der Waals surface area contributed by atoms with Gasteiger partial charge in [-0.1, -0.05) is 48.5 Å². The normalized spacial score (nSPS) is 15.1. The van der Waals surface area contributed by atoms with Gasteiger partial charge in [0.2, 0.25) is 11.9 Å². The molecule has 8 heteroatoms. The van der Waals surface area contributed by atoms with E-state index < -0.39 is 6.04 Å². The van der Waals surface area contributed by atoms with Gasteiger partial charge in [0, 0.05) is 35.4 Å². The van der Waals surface area contributed by atoms with Crippen molar-refractivity contribution in [3.05, 3.63) is 96.7 Å². The highest BCUT2D eigenvalue weighted by molar-refractivity contribution is 5.95. The van der Waals surface area contributed by atoms with Crippen LogP contribution in [0.15, 0.2) is 91.1 Å². The molecule has 1 unspecified atom stereocenters. The molecular formula is C30H32N6O2. The number of benzene rings is 3. The molecule has 0 aliphatic carbocycles. The highest BCUT2D eigenvalue weighted by Crippen LogP contribution is 2.29. The number of aliphatic hydroxyl groups is 1. The van der Waals surface area contributed by atoms with Gasteiger partial charge in [-0.15, -0.1) is 0 Å². The molecule has 0 spiro atoms. The summed E-state index contributed by atoms with van der Waals surface area (Å²) in [5.74, 6) is 0.713. The largest absolute Gasteiger partial charge is 0.399 e. The summed E-state index contributed by atoms with van der Waals surface area (Å²) < 4.78 is 0. The van der Waals surface area contributed by atoms with Crippen molar-refractivity contribution in [2.75, 3.05) is 36.1 Å². The first kappa shape index (κ1) is 25.4. The van der Waals surface area contributed by atoms with E-state index >= 15 is 0 Å². The first-order valence-electron chi connectivity index (χ1n) is 12.9. The van der Waals surface area contributed by atoms with Crippen LogP contribution in [0.3, 0.4) is 0 Å². The lowest BCUT2D eigenvalue weighted by molar-refractivity contribution is -0.122. The van der Waals surface area contributed by atoms with Crippen LogP contribution in [0.25, 0.3) is 11.3 Å². The van der Waals surface area contributed by atoms with Gasteiger partial charge in [-0.25, -0.2) is 9.97 Å². The third-order valence-corrected chi connectivity index (χ3v) is 6.88. The Morgan fingerprint density at radius 1 is 0.974 bits per heavy atom. The number of hydrogen-bond acceptors (Lipinski definition) is 7. The van der Waals surface area contributed by atoms with E-state index in [-0.39, 0.29) is 12.5 Å². The molecule has 3 aromatic carbocycles. The molecule has 1 amide bonds. The van der Waals surface area contributed by atoms with E-state index in [4.69, 9.17) is 5.73 Å². The monoisotopic (exact) mass is 508 g/mol. The average molecular weight is 509 g/mol. The Morgan fingerprint density at radius 3 is 2.45 bits per heavy atom. The van der Waals surface area contributed by atoms with Crippen LogP contribution >= 0.6 is 0 Å². The highest BCUT2D eigenvalue weighted by atomic mass is 16.3. The van der Waals surface area contributed by atoms with E-state index in [0.717, 1.165) is 54.1 Å². The van der Waals surface area contributed by atoms with Crippen LogP contribution in [-0.4, -0.2) is 45.6 Å². The Morgan fingerprint density at radius 2 is 1.74 bits per heavy atom. The molecule has 1 saturated heterocycles. The van der Waals surface area contributed by atoms with E-state index in [0.29, 0.717) is 17.6 Å². The number of nitrogens with zero attached hydrogens (tertiary/aromatic N) is 3. The van der Waals surface area contributed by atoms with Crippen molar-refractivity contribution in [3.63, 3.8) is 0 Å². The van der Waals surface area contributed by atoms with Crippen LogP contribution in [0.4, 0.5) is 23.0 Å². The third kappa shape index (κ3) is 6.16. The summed E-state index contributed by atoms with van der Waals surface area (Å²) >= 11 is 0. The van der Waals surface area contributed by atoms with Gasteiger partial charge in [0.15, 0.2) is 0 Å². The first-order valence-corrected chi connectivity index (χ1v) is 12.9. The number of hydrogen-bond donors (Lipinski definition) is 4. The maximum Gasteiger partial charge on any atom is 0.246 e. The number of aromatic nitrogens is 2. The van der Waals surface area contributed by atoms with Gasteiger partial charge in [-0.2, -0.15) is 0 Å². The number of anilines is 4. The zero-order valence-electron chi connectivity index (χ0n) is 21.1. The van der Waals surface area contributed by atoms with Crippen molar-refractivity contribution >= 4 is 28.9 Å². The molecule has 1 atom stereocenters. The zero-order chi connectivity index (χ0) is 26.3. The molecule has 0 radical (unpaired) electrons. The molecule has 1 aliphatic rings. The van der Waals surface area contributed by atoms with E-state index in [1.807, 2.05) is 84.9 Å². The second kappa shape index (κ2) is 11.9. The van der Waals surface area contributed by atoms with Crippen LogP contribution in [0.1, 0.15) is 24.4 Å². The minimum absolute atomic E-state index is 0.0675. The fourth-order valence-corrected chi connectivity index (χ4v) is 4.82. The lowest BCUT2D eigenvalue weighted by Gasteiger charge is -2.36. The van der Waals surface area contributed by atoms with E-state index in [2.05, 4.69) is 25.5 Å². The summed E-state index contributed by atoms with van der Waals surface area (Å²) in [6, 6.07) is 26.4. The van der Waals surface area contributed by atoms with Gasteiger partial charge in [0.05, 0.1) is 5.69 Å². The Kier molecular flexibility index (Phi) is 7.92. The van der Waals surface area contributed by atoms with Crippen molar-refractivity contribution in [2.45, 2.75) is 18.9 Å². The van der Waals surface area contributed by atoms with Crippen molar-refractivity contribution in [1.82, 2.24) is 14.9 Å². The molecule has 1 fully saturated rings. The Bertz CT molecular complexity index is 1350. The maximum absolute atomic E-state index is 13.5. The predicted molar refractivity (Wildman–Crippen MR) is 151 cm³/mol. The van der Waals surface area contributed by atoms with Gasteiger partial charge in [-0.05, 0) is 73.8 Å². The zero-order valence-corrected chi connectivity index (χ0v) is 21.1. The second-order valence-electron chi connectivity index (χ2n) is 9.56. The molecule has 8 nitrogen and oxygen atoms in total. The molecule has 0 bridgehead atoms. The number of likely N-dealkylation sites (tertiary alicyclic amines) is 1. The minimum Gasteiger partial charge on any atom is -0.399 e. The third-order valence-electron chi connectivity index (χ3n) is 6.88. The summed E-state index contributed by atoms with van der Waals surface area (Å²) in [7, 11) is 0. The summed E-state index contributed by atoms with van der Waals surface area (Å²) in [5.41, 5.74) is 10.7. The first-order chi connectivity index (χ1) is 18.6. The summed E-state index contributed by atoms with van der Waals surface area (Å²) in [4.78, 5) is 24.7. The Hall–Kier alpha value is -4.27. The van der Waals surface area contributed by atoms with Gasteiger partial charge < -0.3 is 21.5 Å². The Balaban J connectivity index is 1.29. The summed E-state index contributed by atoms with van der Waals surface area (Å²) in [6.45, 7) is 1.75. The number of nitrogens with two attached hydrogens (primary N) is 1. The van der Waals surface area contributed by atoms with Gasteiger partial charge in [-0.3, -0.25) is 9.69 Å². The molecule has 5 N–H and O–H groups in total. The predicted octanol–water partition coefficient (Wildman–Crippen LogP) is 4.85. The number of aliphatic hydroxyl groups excluding tert-OH is 1. The van der Waals surface area contributed by atoms with Gasteiger partial charge in [0.25, 0.3) is 0 Å².